The van der Waals surface area contributed by atoms with Crippen LogP contribution < -0.4 is 16.7 Å². The Bertz CT molecular complexity index is 768. The summed E-state index contributed by atoms with van der Waals surface area (Å²) >= 11 is 0. The Balaban J connectivity index is 1.97. The first-order valence-electron chi connectivity index (χ1n) is 10.9. The molecule has 1 heterocycles. The largest absolute Gasteiger partial charge is 0.321 e. The van der Waals surface area contributed by atoms with Gasteiger partial charge in [0.25, 0.3) is 0 Å². The summed E-state index contributed by atoms with van der Waals surface area (Å²) in [7, 11) is 0. The van der Waals surface area contributed by atoms with Crippen molar-refractivity contribution in [3.8, 4) is 0 Å². The summed E-state index contributed by atoms with van der Waals surface area (Å²) in [5.74, 6) is 14.0. The number of allylic oxidation sites excluding steroid dienone is 2. The maximum absolute atomic E-state index is 6.70. The van der Waals surface area contributed by atoms with Gasteiger partial charge in [0, 0.05) is 0 Å². The van der Waals surface area contributed by atoms with Gasteiger partial charge in [0.15, 0.2) is 5.84 Å². The maximum atomic E-state index is 6.70. The Labute approximate surface area is 176 Å². The van der Waals surface area contributed by atoms with E-state index in [9.17, 15) is 0 Å². The molecule has 3 rings (SSSR count). The second-order valence-electron chi connectivity index (χ2n) is 8.69. The lowest BCUT2D eigenvalue weighted by Crippen LogP contribution is -2.54. The molecule has 1 aromatic carbocycles. The molecule has 29 heavy (non-hydrogen) atoms. The van der Waals surface area contributed by atoms with E-state index in [2.05, 4.69) is 61.6 Å². The summed E-state index contributed by atoms with van der Waals surface area (Å²) in [4.78, 5) is 2.52. The predicted octanol–water partition coefficient (Wildman–Crippen LogP) is 4.41. The molecule has 0 saturated carbocycles. The molecule has 0 aromatic heterocycles. The molecule has 0 bridgehead atoms. The number of anilines is 1. The zero-order chi connectivity index (χ0) is 21.0. The topological polar surface area (TPSA) is 70.9 Å². The molecule has 1 saturated heterocycles. The highest BCUT2D eigenvalue weighted by Crippen LogP contribution is 2.34. The Morgan fingerprint density at radius 1 is 1.21 bits per heavy atom. The third kappa shape index (κ3) is 4.73. The predicted molar refractivity (Wildman–Crippen MR) is 124 cm³/mol. The number of likely N-dealkylation sites (tertiary alicyclic amines) is 1. The summed E-state index contributed by atoms with van der Waals surface area (Å²) in [5, 5.41) is 6.00. The van der Waals surface area contributed by atoms with Crippen molar-refractivity contribution in [2.75, 3.05) is 18.1 Å². The van der Waals surface area contributed by atoms with Crippen molar-refractivity contribution in [1.29, 1.82) is 0 Å². The van der Waals surface area contributed by atoms with Crippen LogP contribution in [0.15, 0.2) is 47.1 Å². The van der Waals surface area contributed by atoms with Crippen molar-refractivity contribution < 1.29 is 0 Å². The average Bonchev–Trinajstić information content (AvgIpc) is 2.72. The van der Waals surface area contributed by atoms with Crippen LogP contribution in [-0.4, -0.2) is 29.9 Å². The molecule has 1 aliphatic heterocycles. The smallest absolute Gasteiger partial charge is 0.164 e. The van der Waals surface area contributed by atoms with E-state index in [1.54, 1.807) is 5.01 Å². The third-order valence-electron chi connectivity index (χ3n) is 6.55. The fourth-order valence-electron chi connectivity index (χ4n) is 4.86. The second-order valence-corrected chi connectivity index (χ2v) is 8.69. The Kier molecular flexibility index (Phi) is 7.14. The minimum absolute atomic E-state index is 0.0374. The van der Waals surface area contributed by atoms with Crippen LogP contribution in [0.3, 0.4) is 0 Å². The van der Waals surface area contributed by atoms with Crippen LogP contribution in [0.1, 0.15) is 56.6 Å². The first-order valence-corrected chi connectivity index (χ1v) is 10.9. The van der Waals surface area contributed by atoms with Crippen molar-refractivity contribution in [2.45, 2.75) is 65.3 Å². The summed E-state index contributed by atoms with van der Waals surface area (Å²) in [6.45, 7) is 12.6. The van der Waals surface area contributed by atoms with Gasteiger partial charge in [-0.05, 0) is 88.6 Å². The fourth-order valence-corrected chi connectivity index (χ4v) is 4.86. The lowest BCUT2D eigenvalue weighted by atomic mass is 9.82. The van der Waals surface area contributed by atoms with E-state index in [1.807, 2.05) is 0 Å². The standard InChI is InChI=1S/C24H37N5/c1-17(2)20-11-13-21(14-12-20)23(28-15-6-5-7-16-28)24(27-25)29(26)22-18(3)9-8-10-19(22)4/h8-10,13,20,23H,1,5-7,11-12,14-16,25-26H2,2-4H3. The van der Waals surface area contributed by atoms with Crippen molar-refractivity contribution in [2.24, 2.45) is 22.7 Å². The van der Waals surface area contributed by atoms with Gasteiger partial charge in [-0.25, -0.2) is 5.84 Å². The van der Waals surface area contributed by atoms with E-state index >= 15 is 0 Å². The molecule has 1 fully saturated rings. The summed E-state index contributed by atoms with van der Waals surface area (Å²) in [6, 6.07) is 6.27. The first-order chi connectivity index (χ1) is 13.9. The molecule has 1 aliphatic carbocycles. The van der Waals surface area contributed by atoms with Crippen LogP contribution in [-0.2, 0) is 0 Å². The Morgan fingerprint density at radius 3 is 2.38 bits per heavy atom. The van der Waals surface area contributed by atoms with Gasteiger partial charge in [-0.1, -0.05) is 42.8 Å². The molecule has 158 valence electrons. The molecule has 1 aromatic rings. The summed E-state index contributed by atoms with van der Waals surface area (Å²) in [6.07, 6.45) is 9.33. The number of hydrogen-bond donors (Lipinski definition) is 2. The monoisotopic (exact) mass is 395 g/mol. The molecule has 0 radical (unpaired) electrons. The number of aryl methyl sites for hydroxylation is 2. The quantitative estimate of drug-likeness (QED) is 0.255. The van der Waals surface area contributed by atoms with Gasteiger partial charge in [-0.3, -0.25) is 9.91 Å². The molecule has 2 atom stereocenters. The van der Waals surface area contributed by atoms with Crippen LogP contribution >= 0.6 is 0 Å². The van der Waals surface area contributed by atoms with Gasteiger partial charge in [0.05, 0.1) is 11.7 Å². The molecule has 0 spiro atoms. The molecule has 0 amide bonds. The lowest BCUT2D eigenvalue weighted by Gasteiger charge is -2.40. The number of piperidine rings is 1. The number of para-hydroxylation sites is 1. The van der Waals surface area contributed by atoms with Crippen LogP contribution in [0.2, 0.25) is 0 Å². The molecule has 2 aliphatic rings. The molecular weight excluding hydrogens is 358 g/mol. The number of hydrazone groups is 1. The highest BCUT2D eigenvalue weighted by Gasteiger charge is 2.34. The molecule has 4 N–H and O–H groups in total. The normalized spacial score (nSPS) is 22.1. The Hall–Kier alpha value is -2.11. The van der Waals surface area contributed by atoms with Crippen LogP contribution in [0.25, 0.3) is 0 Å². The molecule has 2 unspecified atom stereocenters. The van der Waals surface area contributed by atoms with E-state index in [0.29, 0.717) is 5.92 Å². The van der Waals surface area contributed by atoms with Gasteiger partial charge in [-0.15, -0.1) is 0 Å². The van der Waals surface area contributed by atoms with Gasteiger partial charge < -0.3 is 5.84 Å². The third-order valence-corrected chi connectivity index (χ3v) is 6.55. The van der Waals surface area contributed by atoms with E-state index in [0.717, 1.165) is 55.0 Å². The van der Waals surface area contributed by atoms with E-state index in [4.69, 9.17) is 11.7 Å². The maximum Gasteiger partial charge on any atom is 0.164 e. The van der Waals surface area contributed by atoms with Gasteiger partial charge in [0.1, 0.15) is 0 Å². The van der Waals surface area contributed by atoms with Crippen LogP contribution in [0.5, 0.6) is 0 Å². The van der Waals surface area contributed by atoms with Crippen molar-refractivity contribution in [1.82, 2.24) is 4.90 Å². The number of amidine groups is 1. The van der Waals surface area contributed by atoms with Crippen molar-refractivity contribution in [3.63, 3.8) is 0 Å². The first kappa shape index (κ1) is 21.6. The molecular formula is C24H37N5. The molecule has 5 nitrogen and oxygen atoms in total. The highest BCUT2D eigenvalue weighted by atomic mass is 15.5. The number of rotatable bonds is 5. The van der Waals surface area contributed by atoms with Gasteiger partial charge in [0.2, 0.25) is 0 Å². The van der Waals surface area contributed by atoms with Gasteiger partial charge >= 0.3 is 0 Å². The van der Waals surface area contributed by atoms with Crippen LogP contribution in [0.4, 0.5) is 5.69 Å². The van der Waals surface area contributed by atoms with E-state index in [-0.39, 0.29) is 6.04 Å². The van der Waals surface area contributed by atoms with E-state index < -0.39 is 0 Å². The number of hydrazine groups is 1. The minimum Gasteiger partial charge on any atom is -0.321 e. The highest BCUT2D eigenvalue weighted by molar-refractivity contribution is 6.03. The lowest BCUT2D eigenvalue weighted by molar-refractivity contribution is 0.213. The Morgan fingerprint density at radius 2 is 1.86 bits per heavy atom. The van der Waals surface area contributed by atoms with Gasteiger partial charge in [-0.2, -0.15) is 5.10 Å². The number of nitrogens with two attached hydrogens (primary N) is 2. The zero-order valence-electron chi connectivity index (χ0n) is 18.3. The SMILES string of the molecule is C=C(C)C1CC=C(C(C(=NN)N(N)c2c(C)cccc2C)N2CCCCC2)CC1. The number of benzene rings is 1. The average molecular weight is 396 g/mol. The van der Waals surface area contributed by atoms with Crippen molar-refractivity contribution in [3.05, 3.63) is 53.1 Å². The minimum atomic E-state index is 0.0374. The molecule has 5 heteroatoms. The number of hydrogen-bond acceptors (Lipinski definition) is 4. The number of nitrogens with zero attached hydrogens (tertiary/aromatic N) is 3. The fraction of sp³-hybridized carbons (Fsp3) is 0.542. The van der Waals surface area contributed by atoms with E-state index in [1.165, 1.54) is 30.4 Å². The summed E-state index contributed by atoms with van der Waals surface area (Å²) in [5.41, 5.74) is 5.93. The zero-order valence-corrected chi connectivity index (χ0v) is 18.3. The summed E-state index contributed by atoms with van der Waals surface area (Å²) < 4.78 is 0. The van der Waals surface area contributed by atoms with Crippen LogP contribution in [0, 0.1) is 19.8 Å². The van der Waals surface area contributed by atoms with Crippen molar-refractivity contribution >= 4 is 11.5 Å². The second kappa shape index (κ2) is 9.59.